The molecule has 0 unspecified atom stereocenters. The van der Waals surface area contributed by atoms with E-state index in [0.717, 1.165) is 10.6 Å². The summed E-state index contributed by atoms with van der Waals surface area (Å²) >= 11 is 0. The number of benzene rings is 1. The largest absolute Gasteiger partial charge is 0.497 e. The third-order valence-corrected chi connectivity index (χ3v) is 4.28. The predicted molar refractivity (Wildman–Crippen MR) is 97.3 cm³/mol. The predicted octanol–water partition coefficient (Wildman–Crippen LogP) is 0.982. The number of aromatic amines is 1. The van der Waals surface area contributed by atoms with E-state index in [1.54, 1.807) is 43.9 Å². The molecule has 4 amide bonds. The Labute approximate surface area is 156 Å². The maximum absolute atomic E-state index is 12.5. The van der Waals surface area contributed by atoms with E-state index in [2.05, 4.69) is 20.6 Å². The lowest BCUT2D eigenvalue weighted by atomic mass is 10.1. The highest BCUT2D eigenvalue weighted by Crippen LogP contribution is 2.23. The van der Waals surface area contributed by atoms with Crippen molar-refractivity contribution in [3.63, 3.8) is 0 Å². The van der Waals surface area contributed by atoms with Crippen LogP contribution in [0.3, 0.4) is 0 Å². The van der Waals surface area contributed by atoms with Crippen molar-refractivity contribution in [1.82, 2.24) is 20.6 Å². The van der Waals surface area contributed by atoms with Gasteiger partial charge in [-0.05, 0) is 30.7 Å². The van der Waals surface area contributed by atoms with Gasteiger partial charge in [-0.15, -0.1) is 0 Å². The van der Waals surface area contributed by atoms with E-state index in [-0.39, 0.29) is 24.7 Å². The number of nitrogens with zero attached hydrogens (tertiary/aromatic N) is 2. The van der Waals surface area contributed by atoms with E-state index >= 15 is 0 Å². The molecular formula is C18H21N5O4. The zero-order valence-corrected chi connectivity index (χ0v) is 14.9. The molecule has 0 radical (unpaired) electrons. The maximum Gasteiger partial charge on any atom is 0.329 e. The Hall–Kier alpha value is -3.36. The smallest absolute Gasteiger partial charge is 0.329 e. The minimum absolute atomic E-state index is 0.149. The van der Waals surface area contributed by atoms with Gasteiger partial charge in [-0.1, -0.05) is 0 Å². The van der Waals surface area contributed by atoms with E-state index in [9.17, 15) is 14.4 Å². The normalized spacial score (nSPS) is 16.3. The van der Waals surface area contributed by atoms with Crippen LogP contribution in [0.1, 0.15) is 18.5 Å². The van der Waals surface area contributed by atoms with Crippen LogP contribution < -0.4 is 20.3 Å². The highest BCUT2D eigenvalue weighted by atomic mass is 16.5. The second-order valence-electron chi connectivity index (χ2n) is 6.09. The molecule has 3 rings (SSSR count). The SMILES string of the molecule is COc1ccc(N2C(=O)N[C@@H](CCC(=O)NCCc3cnc[nH]3)C2=O)cc1. The van der Waals surface area contributed by atoms with E-state index in [0.29, 0.717) is 24.4 Å². The van der Waals surface area contributed by atoms with Gasteiger partial charge in [-0.2, -0.15) is 0 Å². The summed E-state index contributed by atoms with van der Waals surface area (Å²) < 4.78 is 5.07. The van der Waals surface area contributed by atoms with Gasteiger partial charge in [0.25, 0.3) is 5.91 Å². The summed E-state index contributed by atoms with van der Waals surface area (Å²) in [6.07, 6.45) is 4.33. The molecule has 0 aliphatic carbocycles. The summed E-state index contributed by atoms with van der Waals surface area (Å²) in [7, 11) is 1.54. The number of ether oxygens (including phenoxy) is 1. The summed E-state index contributed by atoms with van der Waals surface area (Å²) in [6.45, 7) is 0.476. The minimum Gasteiger partial charge on any atom is -0.497 e. The lowest BCUT2D eigenvalue weighted by molar-refractivity contribution is -0.121. The van der Waals surface area contributed by atoms with Crippen molar-refractivity contribution in [2.75, 3.05) is 18.6 Å². The molecule has 2 aromatic rings. The van der Waals surface area contributed by atoms with Crippen LogP contribution in [0.25, 0.3) is 0 Å². The summed E-state index contributed by atoms with van der Waals surface area (Å²) in [5.41, 5.74) is 1.40. The van der Waals surface area contributed by atoms with Crippen LogP contribution in [-0.4, -0.2) is 47.5 Å². The summed E-state index contributed by atoms with van der Waals surface area (Å²) in [4.78, 5) is 44.6. The van der Waals surface area contributed by atoms with Crippen LogP contribution in [0.15, 0.2) is 36.8 Å². The summed E-state index contributed by atoms with van der Waals surface area (Å²) in [6, 6.07) is 5.43. The van der Waals surface area contributed by atoms with E-state index in [1.807, 2.05) is 0 Å². The second-order valence-corrected chi connectivity index (χ2v) is 6.09. The standard InChI is InChI=1S/C18H21N5O4/c1-27-14-4-2-13(3-5-14)23-17(25)15(22-18(23)26)6-7-16(24)20-9-8-12-10-19-11-21-12/h2-5,10-11,15H,6-9H2,1H3,(H,19,21)(H,20,24)(H,22,26)/t15-/m0/s1. The van der Waals surface area contributed by atoms with Gasteiger partial charge in [0, 0.05) is 31.3 Å². The van der Waals surface area contributed by atoms with Crippen molar-refractivity contribution in [3.05, 3.63) is 42.5 Å². The van der Waals surface area contributed by atoms with Crippen LogP contribution in [0.5, 0.6) is 5.75 Å². The third kappa shape index (κ3) is 4.43. The fraction of sp³-hybridized carbons (Fsp3) is 0.333. The number of hydrogen-bond donors (Lipinski definition) is 3. The van der Waals surface area contributed by atoms with Crippen LogP contribution in [0.4, 0.5) is 10.5 Å². The number of nitrogens with one attached hydrogen (secondary N) is 3. The van der Waals surface area contributed by atoms with Crippen molar-refractivity contribution in [3.8, 4) is 5.75 Å². The lowest BCUT2D eigenvalue weighted by Gasteiger charge is -2.13. The van der Waals surface area contributed by atoms with Gasteiger partial charge in [0.15, 0.2) is 0 Å². The average Bonchev–Trinajstić information content (AvgIpc) is 3.28. The number of methoxy groups -OCH3 is 1. The number of carbonyl (C=O) groups excluding carboxylic acids is 3. The van der Waals surface area contributed by atoms with E-state index in [1.165, 1.54) is 0 Å². The Morgan fingerprint density at radius 2 is 2.07 bits per heavy atom. The molecule has 3 N–H and O–H groups in total. The Morgan fingerprint density at radius 1 is 1.30 bits per heavy atom. The number of amides is 4. The molecule has 0 saturated carbocycles. The third-order valence-electron chi connectivity index (χ3n) is 4.28. The topological polar surface area (TPSA) is 116 Å². The number of anilines is 1. The molecule has 0 spiro atoms. The first-order valence-corrected chi connectivity index (χ1v) is 8.61. The van der Waals surface area contributed by atoms with Crippen LogP contribution in [-0.2, 0) is 16.0 Å². The average molecular weight is 371 g/mol. The first kappa shape index (κ1) is 18.4. The molecule has 1 aromatic carbocycles. The lowest BCUT2D eigenvalue weighted by Crippen LogP contribution is -2.33. The number of H-pyrrole nitrogens is 1. The molecule has 1 aromatic heterocycles. The second kappa shape index (κ2) is 8.35. The van der Waals surface area contributed by atoms with Gasteiger partial charge in [-0.25, -0.2) is 14.7 Å². The highest BCUT2D eigenvalue weighted by Gasteiger charge is 2.38. The molecule has 1 aliphatic heterocycles. The number of imidazole rings is 1. The van der Waals surface area contributed by atoms with E-state index < -0.39 is 12.1 Å². The zero-order chi connectivity index (χ0) is 19.2. The fourth-order valence-electron chi connectivity index (χ4n) is 2.82. The Balaban J connectivity index is 1.48. The van der Waals surface area contributed by atoms with Gasteiger partial charge in [0.05, 0.1) is 19.1 Å². The van der Waals surface area contributed by atoms with Gasteiger partial charge in [0.2, 0.25) is 5.91 Å². The van der Waals surface area contributed by atoms with Crippen LogP contribution in [0, 0.1) is 0 Å². The van der Waals surface area contributed by atoms with Gasteiger partial charge in [0.1, 0.15) is 11.8 Å². The summed E-state index contributed by atoms with van der Waals surface area (Å²) in [5.74, 6) is 0.101. The Kier molecular flexibility index (Phi) is 5.70. The van der Waals surface area contributed by atoms with Crippen molar-refractivity contribution in [2.45, 2.75) is 25.3 Å². The number of imide groups is 1. The number of aromatic nitrogens is 2. The monoisotopic (exact) mass is 371 g/mol. The quantitative estimate of drug-likeness (QED) is 0.598. The molecule has 1 fully saturated rings. The fourth-order valence-corrected chi connectivity index (χ4v) is 2.82. The molecule has 1 atom stereocenters. The number of rotatable bonds is 8. The van der Waals surface area contributed by atoms with E-state index in [4.69, 9.17) is 4.74 Å². The van der Waals surface area contributed by atoms with Gasteiger partial charge in [-0.3, -0.25) is 9.59 Å². The first-order chi connectivity index (χ1) is 13.1. The van der Waals surface area contributed by atoms with Crippen LogP contribution in [0.2, 0.25) is 0 Å². The Morgan fingerprint density at radius 3 is 2.74 bits per heavy atom. The molecule has 142 valence electrons. The molecule has 0 bridgehead atoms. The van der Waals surface area contributed by atoms with Crippen molar-refractivity contribution >= 4 is 23.5 Å². The number of urea groups is 1. The number of carbonyl (C=O) groups is 3. The molecule has 9 heteroatoms. The highest BCUT2D eigenvalue weighted by molar-refractivity contribution is 6.21. The maximum atomic E-state index is 12.5. The van der Waals surface area contributed by atoms with Crippen molar-refractivity contribution in [1.29, 1.82) is 0 Å². The molecule has 1 saturated heterocycles. The van der Waals surface area contributed by atoms with Crippen LogP contribution >= 0.6 is 0 Å². The molecule has 2 heterocycles. The van der Waals surface area contributed by atoms with Crippen molar-refractivity contribution < 1.29 is 19.1 Å². The molecule has 27 heavy (non-hydrogen) atoms. The van der Waals surface area contributed by atoms with Gasteiger partial charge < -0.3 is 20.4 Å². The Bertz CT molecular complexity index is 804. The summed E-state index contributed by atoms with van der Waals surface area (Å²) in [5, 5.41) is 5.42. The van der Waals surface area contributed by atoms with Crippen molar-refractivity contribution in [2.24, 2.45) is 0 Å². The first-order valence-electron chi connectivity index (χ1n) is 8.61. The van der Waals surface area contributed by atoms with Gasteiger partial charge >= 0.3 is 6.03 Å². The minimum atomic E-state index is -0.710. The molecular weight excluding hydrogens is 350 g/mol. The molecule has 1 aliphatic rings. The number of hydrogen-bond acceptors (Lipinski definition) is 5. The molecule has 9 nitrogen and oxygen atoms in total. The zero-order valence-electron chi connectivity index (χ0n) is 14.9.